The van der Waals surface area contributed by atoms with Crippen LogP contribution in [0.2, 0.25) is 0 Å². The van der Waals surface area contributed by atoms with Gasteiger partial charge in [0.1, 0.15) is 11.5 Å². The first kappa shape index (κ1) is 26.5. The molecular weight excluding hydrogens is 499 g/mol. The molecule has 0 spiro atoms. The Kier molecular flexibility index (Phi) is 6.98. The monoisotopic (exact) mass is 529 g/mol. The number of rotatable bonds is 6. The van der Waals surface area contributed by atoms with Gasteiger partial charge in [-0.25, -0.2) is 0 Å². The number of ether oxygens (including phenoxy) is 2. The van der Waals surface area contributed by atoms with E-state index in [9.17, 15) is 13.2 Å². The molecule has 5 rings (SSSR count). The van der Waals surface area contributed by atoms with E-state index >= 15 is 0 Å². The van der Waals surface area contributed by atoms with Crippen molar-refractivity contribution in [3.05, 3.63) is 90.1 Å². The van der Waals surface area contributed by atoms with Crippen molar-refractivity contribution in [3.63, 3.8) is 0 Å². The number of aryl methyl sites for hydroxylation is 1. The van der Waals surface area contributed by atoms with E-state index in [0.717, 1.165) is 56.0 Å². The number of pyridine rings is 1. The molecular formula is C33H30F3NO2. The highest BCUT2D eigenvalue weighted by atomic mass is 19.4. The largest absolute Gasteiger partial charge is 0.491 e. The molecule has 0 radical (unpaired) electrons. The zero-order valence-corrected chi connectivity index (χ0v) is 22.6. The number of fused-ring (bicyclic) bond motifs is 3. The minimum atomic E-state index is -4.41. The molecule has 0 saturated heterocycles. The molecule has 5 aromatic rings. The number of alkyl halides is 3. The topological polar surface area (TPSA) is 31.4 Å². The SMILES string of the molecule is Cc1cc(-c2cc(OC(C)C)cc(OC(C)C)c2)cc(-c2nccc3c2ccc2ccc(C(F)(F)F)cc23)c1. The molecule has 0 N–H and O–H groups in total. The average molecular weight is 530 g/mol. The summed E-state index contributed by atoms with van der Waals surface area (Å²) in [5, 5.41) is 2.82. The molecule has 4 aromatic carbocycles. The predicted octanol–water partition coefficient (Wildman–Crippen LogP) is 9.62. The minimum Gasteiger partial charge on any atom is -0.491 e. The third-order valence-electron chi connectivity index (χ3n) is 6.40. The normalized spacial score (nSPS) is 12.1. The molecule has 0 unspecified atom stereocenters. The van der Waals surface area contributed by atoms with Gasteiger partial charge >= 0.3 is 6.18 Å². The molecule has 0 aliphatic heterocycles. The summed E-state index contributed by atoms with van der Waals surface area (Å²) in [6.07, 6.45) is -2.74. The van der Waals surface area contributed by atoms with E-state index in [1.807, 2.05) is 71.0 Å². The molecule has 0 aliphatic carbocycles. The summed E-state index contributed by atoms with van der Waals surface area (Å²) in [4.78, 5) is 4.67. The fraction of sp³-hybridized carbons (Fsp3) is 0.242. The first-order chi connectivity index (χ1) is 18.5. The van der Waals surface area contributed by atoms with E-state index in [4.69, 9.17) is 9.47 Å². The Morgan fingerprint density at radius 2 is 1.26 bits per heavy atom. The smallest absolute Gasteiger partial charge is 0.416 e. The summed E-state index contributed by atoms with van der Waals surface area (Å²) < 4.78 is 52.4. The maximum absolute atomic E-state index is 13.5. The Morgan fingerprint density at radius 1 is 0.641 bits per heavy atom. The zero-order chi connectivity index (χ0) is 27.9. The van der Waals surface area contributed by atoms with E-state index in [-0.39, 0.29) is 12.2 Å². The maximum Gasteiger partial charge on any atom is 0.416 e. The van der Waals surface area contributed by atoms with E-state index in [1.54, 1.807) is 12.3 Å². The molecule has 0 saturated carbocycles. The van der Waals surface area contributed by atoms with Crippen molar-refractivity contribution in [2.45, 2.75) is 53.0 Å². The number of nitrogens with zero attached hydrogens (tertiary/aromatic N) is 1. The molecule has 6 heteroatoms. The van der Waals surface area contributed by atoms with Gasteiger partial charge in [0.2, 0.25) is 0 Å². The van der Waals surface area contributed by atoms with Crippen molar-refractivity contribution in [3.8, 4) is 33.9 Å². The fourth-order valence-corrected chi connectivity index (χ4v) is 4.90. The summed E-state index contributed by atoms with van der Waals surface area (Å²) in [6.45, 7) is 9.94. The van der Waals surface area contributed by atoms with Gasteiger partial charge in [-0.3, -0.25) is 4.98 Å². The van der Waals surface area contributed by atoms with Crippen LogP contribution in [0.4, 0.5) is 13.2 Å². The standard InChI is InChI=1S/C33H30F3NO2/c1-19(2)38-27-15-24(16-28(18-27)39-20(3)4)23-12-21(5)13-25(14-23)32-30-9-7-22-6-8-26(33(34,35)36)17-31(22)29(30)10-11-37-32/h6-20H,1-5H3. The maximum atomic E-state index is 13.5. The van der Waals surface area contributed by atoms with Gasteiger partial charge in [0.05, 0.1) is 23.5 Å². The summed E-state index contributed by atoms with van der Waals surface area (Å²) in [7, 11) is 0. The van der Waals surface area contributed by atoms with Crippen molar-refractivity contribution < 1.29 is 22.6 Å². The molecule has 0 aliphatic rings. The first-order valence-electron chi connectivity index (χ1n) is 13.0. The Balaban J connectivity index is 1.67. The van der Waals surface area contributed by atoms with E-state index in [0.29, 0.717) is 11.1 Å². The number of halogens is 3. The van der Waals surface area contributed by atoms with Gasteiger partial charge < -0.3 is 9.47 Å². The summed E-state index contributed by atoms with van der Waals surface area (Å²) >= 11 is 0. The summed E-state index contributed by atoms with van der Waals surface area (Å²) in [6, 6.07) is 21.5. The van der Waals surface area contributed by atoms with Gasteiger partial charge in [-0.05, 0) is 110 Å². The second kappa shape index (κ2) is 10.3. The second-order valence-corrected chi connectivity index (χ2v) is 10.4. The van der Waals surface area contributed by atoms with Crippen molar-refractivity contribution in [2.24, 2.45) is 0 Å². The molecule has 200 valence electrons. The predicted molar refractivity (Wildman–Crippen MR) is 151 cm³/mol. The minimum absolute atomic E-state index is 0.00721. The van der Waals surface area contributed by atoms with Crippen LogP contribution in [0.15, 0.2) is 79.0 Å². The number of benzene rings is 4. The van der Waals surface area contributed by atoms with Crippen LogP contribution >= 0.6 is 0 Å². The Labute approximate surface area is 226 Å². The second-order valence-electron chi connectivity index (χ2n) is 10.4. The van der Waals surface area contributed by atoms with Crippen molar-refractivity contribution in [1.82, 2.24) is 4.98 Å². The van der Waals surface area contributed by atoms with Crippen molar-refractivity contribution in [2.75, 3.05) is 0 Å². The third kappa shape index (κ3) is 5.70. The third-order valence-corrected chi connectivity index (χ3v) is 6.40. The fourth-order valence-electron chi connectivity index (χ4n) is 4.90. The quantitative estimate of drug-likeness (QED) is 0.205. The first-order valence-corrected chi connectivity index (χ1v) is 13.0. The van der Waals surface area contributed by atoms with Crippen molar-refractivity contribution >= 4 is 21.5 Å². The molecule has 1 heterocycles. The molecule has 39 heavy (non-hydrogen) atoms. The Bertz CT molecular complexity index is 1640. The highest BCUT2D eigenvalue weighted by Crippen LogP contribution is 2.38. The molecule has 0 atom stereocenters. The van der Waals surface area contributed by atoms with Gasteiger partial charge in [0.25, 0.3) is 0 Å². The van der Waals surface area contributed by atoms with Crippen LogP contribution in [0.25, 0.3) is 43.9 Å². The number of hydrogen-bond acceptors (Lipinski definition) is 3. The molecule has 1 aromatic heterocycles. The molecule has 0 amide bonds. The van der Waals surface area contributed by atoms with Crippen LogP contribution in [-0.4, -0.2) is 17.2 Å². The van der Waals surface area contributed by atoms with Crippen molar-refractivity contribution in [1.29, 1.82) is 0 Å². The lowest BCUT2D eigenvalue weighted by molar-refractivity contribution is -0.137. The highest BCUT2D eigenvalue weighted by molar-refractivity contribution is 6.11. The number of hydrogen-bond donors (Lipinski definition) is 0. The summed E-state index contributed by atoms with van der Waals surface area (Å²) in [5.41, 5.74) is 3.86. The Morgan fingerprint density at radius 3 is 1.90 bits per heavy atom. The van der Waals surface area contributed by atoms with Gasteiger partial charge in [-0.15, -0.1) is 0 Å². The average Bonchev–Trinajstić information content (AvgIpc) is 2.86. The molecule has 3 nitrogen and oxygen atoms in total. The van der Waals surface area contributed by atoms with Crippen LogP contribution in [0.5, 0.6) is 11.5 Å². The van der Waals surface area contributed by atoms with Crippen LogP contribution in [0.3, 0.4) is 0 Å². The number of aromatic nitrogens is 1. The zero-order valence-electron chi connectivity index (χ0n) is 22.6. The van der Waals surface area contributed by atoms with Gasteiger partial charge in [0.15, 0.2) is 0 Å². The summed E-state index contributed by atoms with van der Waals surface area (Å²) in [5.74, 6) is 1.44. The van der Waals surface area contributed by atoms with E-state index in [1.165, 1.54) is 12.1 Å². The van der Waals surface area contributed by atoms with Crippen LogP contribution < -0.4 is 9.47 Å². The van der Waals surface area contributed by atoms with Gasteiger partial charge in [-0.1, -0.05) is 24.3 Å². The molecule has 0 bridgehead atoms. The van der Waals surface area contributed by atoms with Crippen LogP contribution in [-0.2, 0) is 6.18 Å². The van der Waals surface area contributed by atoms with E-state index < -0.39 is 11.7 Å². The molecule has 0 fully saturated rings. The van der Waals surface area contributed by atoms with E-state index in [2.05, 4.69) is 17.1 Å². The van der Waals surface area contributed by atoms with Gasteiger partial charge in [0, 0.05) is 23.2 Å². The Hall–Kier alpha value is -4.06. The van der Waals surface area contributed by atoms with Crippen LogP contribution in [0.1, 0.15) is 38.8 Å². The van der Waals surface area contributed by atoms with Crippen LogP contribution in [0, 0.1) is 6.92 Å². The lowest BCUT2D eigenvalue weighted by atomic mass is 9.94. The lowest BCUT2D eigenvalue weighted by Gasteiger charge is -2.17. The highest BCUT2D eigenvalue weighted by Gasteiger charge is 2.30. The lowest BCUT2D eigenvalue weighted by Crippen LogP contribution is -2.08. The van der Waals surface area contributed by atoms with Gasteiger partial charge in [-0.2, -0.15) is 13.2 Å².